The monoisotopic (exact) mass is 245 g/mol. The third-order valence-electron chi connectivity index (χ3n) is 3.92. The van der Waals surface area contributed by atoms with E-state index in [9.17, 15) is 5.11 Å². The van der Waals surface area contributed by atoms with Gasteiger partial charge in [-0.2, -0.15) is 11.8 Å². The Kier molecular flexibility index (Phi) is 6.78. The van der Waals surface area contributed by atoms with Crippen LogP contribution >= 0.6 is 11.8 Å². The van der Waals surface area contributed by atoms with Crippen molar-refractivity contribution in [3.05, 3.63) is 0 Å². The lowest BCUT2D eigenvalue weighted by Crippen LogP contribution is -2.45. The Balaban J connectivity index is 2.33. The van der Waals surface area contributed by atoms with Gasteiger partial charge in [0, 0.05) is 17.3 Å². The Bertz CT molecular complexity index is 179. The SMILES string of the molecule is CSC(CO)C(C)NC(C)C1CCCCC1. The van der Waals surface area contributed by atoms with Crippen LogP contribution in [0.15, 0.2) is 0 Å². The molecule has 2 N–H and O–H groups in total. The fourth-order valence-corrected chi connectivity index (χ4v) is 3.36. The molecule has 1 rings (SSSR count). The Hall–Kier alpha value is 0.270. The highest BCUT2D eigenvalue weighted by Crippen LogP contribution is 2.27. The van der Waals surface area contributed by atoms with Gasteiger partial charge in [-0.15, -0.1) is 0 Å². The largest absolute Gasteiger partial charge is 0.395 e. The number of thioether (sulfide) groups is 1. The molecule has 0 aromatic heterocycles. The zero-order valence-electron chi connectivity index (χ0n) is 10.9. The maximum Gasteiger partial charge on any atom is 0.0564 e. The van der Waals surface area contributed by atoms with Gasteiger partial charge in [-0.05, 0) is 38.9 Å². The molecule has 0 radical (unpaired) electrons. The average molecular weight is 245 g/mol. The van der Waals surface area contributed by atoms with Crippen molar-refractivity contribution in [1.82, 2.24) is 5.32 Å². The van der Waals surface area contributed by atoms with Gasteiger partial charge in [0.1, 0.15) is 0 Å². The Morgan fingerprint density at radius 3 is 2.38 bits per heavy atom. The van der Waals surface area contributed by atoms with Crippen LogP contribution in [0, 0.1) is 5.92 Å². The highest BCUT2D eigenvalue weighted by atomic mass is 32.2. The first-order chi connectivity index (χ1) is 7.69. The van der Waals surface area contributed by atoms with Crippen molar-refractivity contribution in [3.8, 4) is 0 Å². The molecule has 1 fully saturated rings. The first-order valence-electron chi connectivity index (χ1n) is 6.58. The smallest absolute Gasteiger partial charge is 0.0564 e. The van der Waals surface area contributed by atoms with Crippen molar-refractivity contribution < 1.29 is 5.11 Å². The summed E-state index contributed by atoms with van der Waals surface area (Å²) in [5, 5.41) is 13.3. The standard InChI is InChI=1S/C13H27NOS/c1-10(12-7-5-4-6-8-12)14-11(2)13(9-15)16-3/h10-15H,4-9H2,1-3H3. The molecule has 1 aliphatic carbocycles. The van der Waals surface area contributed by atoms with E-state index in [-0.39, 0.29) is 6.61 Å². The number of rotatable bonds is 6. The molecule has 0 saturated heterocycles. The molecule has 0 aromatic rings. The van der Waals surface area contributed by atoms with Crippen LogP contribution in [0.3, 0.4) is 0 Å². The summed E-state index contributed by atoms with van der Waals surface area (Å²) in [5.74, 6) is 0.845. The van der Waals surface area contributed by atoms with E-state index >= 15 is 0 Å². The molecule has 3 atom stereocenters. The molecule has 0 aromatic carbocycles. The second-order valence-corrected chi connectivity index (χ2v) is 6.18. The fourth-order valence-electron chi connectivity index (χ4n) is 2.73. The van der Waals surface area contributed by atoms with Crippen molar-refractivity contribution in [2.24, 2.45) is 5.92 Å². The summed E-state index contributed by atoms with van der Waals surface area (Å²) in [6.07, 6.45) is 9.05. The van der Waals surface area contributed by atoms with Crippen molar-refractivity contribution in [2.45, 2.75) is 63.3 Å². The molecule has 0 aliphatic heterocycles. The van der Waals surface area contributed by atoms with Crippen molar-refractivity contribution in [1.29, 1.82) is 0 Å². The van der Waals surface area contributed by atoms with E-state index in [1.165, 1.54) is 32.1 Å². The van der Waals surface area contributed by atoms with Crippen LogP contribution in [0.25, 0.3) is 0 Å². The van der Waals surface area contributed by atoms with E-state index < -0.39 is 0 Å². The van der Waals surface area contributed by atoms with Crippen LogP contribution in [-0.4, -0.2) is 35.3 Å². The molecule has 2 nitrogen and oxygen atoms in total. The summed E-state index contributed by atoms with van der Waals surface area (Å²) in [7, 11) is 0. The minimum absolute atomic E-state index is 0.271. The molecule has 3 unspecified atom stereocenters. The molecular weight excluding hydrogens is 218 g/mol. The third kappa shape index (κ3) is 4.27. The van der Waals surface area contributed by atoms with Gasteiger partial charge >= 0.3 is 0 Å². The number of aliphatic hydroxyl groups is 1. The number of aliphatic hydroxyl groups excluding tert-OH is 1. The molecule has 3 heteroatoms. The van der Waals surface area contributed by atoms with Crippen LogP contribution in [0.4, 0.5) is 0 Å². The second kappa shape index (κ2) is 7.57. The van der Waals surface area contributed by atoms with E-state index in [0.29, 0.717) is 17.3 Å². The lowest BCUT2D eigenvalue weighted by atomic mass is 9.84. The molecule has 0 spiro atoms. The zero-order chi connectivity index (χ0) is 12.0. The van der Waals surface area contributed by atoms with Gasteiger partial charge in [0.25, 0.3) is 0 Å². The van der Waals surface area contributed by atoms with Gasteiger partial charge in [0.2, 0.25) is 0 Å². The topological polar surface area (TPSA) is 32.3 Å². The molecule has 16 heavy (non-hydrogen) atoms. The second-order valence-electron chi connectivity index (χ2n) is 5.10. The van der Waals surface area contributed by atoms with E-state index in [1.54, 1.807) is 11.8 Å². The summed E-state index contributed by atoms with van der Waals surface area (Å²) in [4.78, 5) is 0. The predicted octanol–water partition coefficient (Wildman–Crippen LogP) is 2.66. The number of hydrogen-bond acceptors (Lipinski definition) is 3. The lowest BCUT2D eigenvalue weighted by Gasteiger charge is -2.32. The van der Waals surface area contributed by atoms with Gasteiger partial charge in [0.05, 0.1) is 6.61 Å². The summed E-state index contributed by atoms with van der Waals surface area (Å²) < 4.78 is 0. The zero-order valence-corrected chi connectivity index (χ0v) is 11.7. The van der Waals surface area contributed by atoms with E-state index in [4.69, 9.17) is 0 Å². The highest BCUT2D eigenvalue weighted by molar-refractivity contribution is 7.99. The quantitative estimate of drug-likeness (QED) is 0.754. The van der Waals surface area contributed by atoms with Crippen LogP contribution < -0.4 is 5.32 Å². The van der Waals surface area contributed by atoms with Crippen LogP contribution in [0.2, 0.25) is 0 Å². The average Bonchev–Trinajstić information content (AvgIpc) is 2.31. The minimum Gasteiger partial charge on any atom is -0.395 e. The van der Waals surface area contributed by atoms with Crippen LogP contribution in [0.5, 0.6) is 0 Å². The molecule has 96 valence electrons. The van der Waals surface area contributed by atoms with Crippen LogP contribution in [-0.2, 0) is 0 Å². The van der Waals surface area contributed by atoms with Crippen LogP contribution in [0.1, 0.15) is 46.0 Å². The number of hydrogen-bond donors (Lipinski definition) is 2. The van der Waals surface area contributed by atoms with E-state index in [1.807, 2.05) is 0 Å². The molecule has 1 aliphatic rings. The molecule has 0 bridgehead atoms. The number of nitrogens with one attached hydrogen (secondary N) is 1. The normalized spacial score (nSPS) is 24.0. The summed E-state index contributed by atoms with van der Waals surface area (Å²) in [6, 6.07) is 0.994. The third-order valence-corrected chi connectivity index (χ3v) is 5.09. The van der Waals surface area contributed by atoms with Gasteiger partial charge < -0.3 is 10.4 Å². The maximum absolute atomic E-state index is 9.26. The first kappa shape index (κ1) is 14.3. The molecular formula is C13H27NOS. The van der Waals surface area contributed by atoms with Gasteiger partial charge in [0.15, 0.2) is 0 Å². The van der Waals surface area contributed by atoms with Gasteiger partial charge in [-0.25, -0.2) is 0 Å². The van der Waals surface area contributed by atoms with E-state index in [0.717, 1.165) is 5.92 Å². The molecule has 0 heterocycles. The Labute approximate surface area is 105 Å². The van der Waals surface area contributed by atoms with Gasteiger partial charge in [-0.3, -0.25) is 0 Å². The molecule has 0 amide bonds. The highest BCUT2D eigenvalue weighted by Gasteiger charge is 2.23. The van der Waals surface area contributed by atoms with Crippen molar-refractivity contribution in [2.75, 3.05) is 12.9 Å². The van der Waals surface area contributed by atoms with E-state index in [2.05, 4.69) is 25.4 Å². The Morgan fingerprint density at radius 2 is 1.88 bits per heavy atom. The predicted molar refractivity (Wildman–Crippen MR) is 73.0 cm³/mol. The Morgan fingerprint density at radius 1 is 1.25 bits per heavy atom. The van der Waals surface area contributed by atoms with Crippen molar-refractivity contribution >= 4 is 11.8 Å². The molecule has 1 saturated carbocycles. The van der Waals surface area contributed by atoms with Crippen molar-refractivity contribution in [3.63, 3.8) is 0 Å². The lowest BCUT2D eigenvalue weighted by molar-refractivity contribution is 0.239. The maximum atomic E-state index is 9.26. The summed E-state index contributed by atoms with van der Waals surface area (Å²) >= 11 is 1.75. The summed E-state index contributed by atoms with van der Waals surface area (Å²) in [5.41, 5.74) is 0. The first-order valence-corrected chi connectivity index (χ1v) is 7.87. The fraction of sp³-hybridized carbons (Fsp3) is 1.00. The van der Waals surface area contributed by atoms with Gasteiger partial charge in [-0.1, -0.05) is 19.3 Å². The minimum atomic E-state index is 0.271. The summed E-state index contributed by atoms with van der Waals surface area (Å²) in [6.45, 7) is 4.77.